The van der Waals surface area contributed by atoms with Crippen molar-refractivity contribution in [2.75, 3.05) is 13.2 Å². The van der Waals surface area contributed by atoms with Crippen LogP contribution in [0.1, 0.15) is 41.5 Å². The Balaban J connectivity index is 1.63. The van der Waals surface area contributed by atoms with Crippen LogP contribution in [-0.4, -0.2) is 41.9 Å². The third-order valence-corrected chi connectivity index (χ3v) is 18.4. The van der Waals surface area contributed by atoms with E-state index in [0.29, 0.717) is 13.2 Å². The van der Waals surface area contributed by atoms with Crippen molar-refractivity contribution in [1.82, 2.24) is 0 Å². The van der Waals surface area contributed by atoms with E-state index >= 15 is 0 Å². The summed E-state index contributed by atoms with van der Waals surface area (Å²) in [5, 5.41) is 4.65. The van der Waals surface area contributed by atoms with Gasteiger partial charge in [-0.2, -0.15) is 0 Å². The van der Waals surface area contributed by atoms with Crippen molar-refractivity contribution in [2.45, 2.75) is 63.7 Å². The van der Waals surface area contributed by atoms with Crippen LogP contribution in [0.4, 0.5) is 0 Å². The first-order valence-corrected chi connectivity index (χ1v) is 18.8. The second-order valence-electron chi connectivity index (χ2n) is 13.3. The van der Waals surface area contributed by atoms with Gasteiger partial charge in [0.25, 0.3) is 16.6 Å². The smallest absolute Gasteiger partial charge is 0.261 e. The molecule has 0 aliphatic rings. The molecule has 0 amide bonds. The van der Waals surface area contributed by atoms with Crippen LogP contribution in [0.3, 0.4) is 0 Å². The van der Waals surface area contributed by atoms with Gasteiger partial charge in [-0.15, -0.1) is 0 Å². The second kappa shape index (κ2) is 13.2. The number of nitrogens with two attached hydrogens (primary N) is 2. The average Bonchev–Trinajstić information content (AvgIpc) is 2.98. The third-order valence-electron chi connectivity index (χ3n) is 8.37. The Morgan fingerprint density at radius 3 is 0.857 bits per heavy atom. The first kappa shape index (κ1) is 32.1. The van der Waals surface area contributed by atoms with Gasteiger partial charge in [0.2, 0.25) is 0 Å². The molecule has 4 nitrogen and oxygen atoms in total. The number of hydrogen-bond acceptors (Lipinski definition) is 4. The van der Waals surface area contributed by atoms with E-state index in [4.69, 9.17) is 20.3 Å². The molecule has 0 unspecified atom stereocenters. The molecule has 0 aromatic heterocycles. The van der Waals surface area contributed by atoms with Crippen molar-refractivity contribution in [3.05, 3.63) is 121 Å². The molecule has 6 heteroatoms. The average molecular weight is 597 g/mol. The van der Waals surface area contributed by atoms with Gasteiger partial charge in [0.05, 0.1) is 13.2 Å². The molecular weight excluding hydrogens is 549 g/mol. The fourth-order valence-electron chi connectivity index (χ4n) is 6.21. The highest BCUT2D eigenvalue weighted by molar-refractivity contribution is 7.00. The van der Waals surface area contributed by atoms with Crippen molar-refractivity contribution >= 4 is 37.4 Å². The Bertz CT molecular complexity index is 1180. The Labute approximate surface area is 255 Å². The van der Waals surface area contributed by atoms with E-state index in [-0.39, 0.29) is 10.1 Å². The molecule has 4 N–H and O–H groups in total. The van der Waals surface area contributed by atoms with E-state index < -0.39 is 28.7 Å². The molecule has 2 atom stereocenters. The summed E-state index contributed by atoms with van der Waals surface area (Å²) in [5.74, 6) is 0. The van der Waals surface area contributed by atoms with E-state index in [2.05, 4.69) is 163 Å². The maximum atomic E-state index is 7.11. The molecule has 4 rings (SSSR count). The van der Waals surface area contributed by atoms with E-state index in [9.17, 15) is 0 Å². The topological polar surface area (TPSA) is 70.5 Å². The molecule has 4 aromatic carbocycles. The summed E-state index contributed by atoms with van der Waals surface area (Å²) in [6, 6.07) is 41.8. The molecule has 0 saturated carbocycles. The molecule has 4 aromatic rings. The Morgan fingerprint density at radius 1 is 0.452 bits per heavy atom. The summed E-state index contributed by atoms with van der Waals surface area (Å²) in [4.78, 5) is 0. The molecule has 0 radical (unpaired) electrons. The van der Waals surface area contributed by atoms with Crippen LogP contribution in [-0.2, 0) is 8.85 Å². The molecule has 0 aliphatic carbocycles. The summed E-state index contributed by atoms with van der Waals surface area (Å²) in [5.41, 5.74) is 13.7. The van der Waals surface area contributed by atoms with Crippen LogP contribution < -0.4 is 32.2 Å². The Kier molecular flexibility index (Phi) is 10.1. The molecule has 42 heavy (non-hydrogen) atoms. The van der Waals surface area contributed by atoms with Crippen molar-refractivity contribution in [2.24, 2.45) is 11.5 Å². The highest BCUT2D eigenvalue weighted by atomic mass is 28.4. The third kappa shape index (κ3) is 6.39. The minimum Gasteiger partial charge on any atom is -0.406 e. The van der Waals surface area contributed by atoms with Gasteiger partial charge in [-0.05, 0) is 30.8 Å². The molecule has 0 heterocycles. The first-order valence-electron chi connectivity index (χ1n) is 14.9. The molecule has 222 valence electrons. The molecule has 0 spiro atoms. The standard InChI is InChI=1S/C36H48N2O2Si2/c1-35(2,3)41(29-19-11-7-12-20-29,30-21-13-8-14-22-30)39-27-33(37)34(38)28-40-42(36(4,5)6,31-23-15-9-16-24-31)32-25-17-10-18-26-32/h7-26,33-34H,27-28,37-38H2,1-6H3/t33-,34-/m1/s1. The molecule has 0 aliphatic heterocycles. The number of rotatable bonds is 11. The zero-order chi connectivity index (χ0) is 30.4. The van der Waals surface area contributed by atoms with Gasteiger partial charge in [0.15, 0.2) is 0 Å². The van der Waals surface area contributed by atoms with Crippen molar-refractivity contribution in [1.29, 1.82) is 0 Å². The molecule has 0 fully saturated rings. The van der Waals surface area contributed by atoms with E-state index in [1.807, 2.05) is 0 Å². The van der Waals surface area contributed by atoms with Crippen LogP contribution >= 0.6 is 0 Å². The first-order chi connectivity index (χ1) is 19.9. The summed E-state index contributed by atoms with van der Waals surface area (Å²) in [6.07, 6.45) is 0. The lowest BCUT2D eigenvalue weighted by molar-refractivity contribution is 0.209. The largest absolute Gasteiger partial charge is 0.406 e. The Morgan fingerprint density at radius 2 is 0.667 bits per heavy atom. The second-order valence-corrected chi connectivity index (χ2v) is 21.9. The summed E-state index contributed by atoms with van der Waals surface area (Å²) in [6.45, 7) is 14.3. The zero-order valence-electron chi connectivity index (χ0n) is 26.1. The molecule has 0 bridgehead atoms. The fourth-order valence-corrected chi connectivity index (χ4v) is 15.4. The fraction of sp³-hybridized carbons (Fsp3) is 0.333. The monoisotopic (exact) mass is 596 g/mol. The molecule has 0 saturated heterocycles. The van der Waals surface area contributed by atoms with E-state index in [1.54, 1.807) is 0 Å². The van der Waals surface area contributed by atoms with Gasteiger partial charge in [-0.3, -0.25) is 0 Å². The SMILES string of the molecule is CC(C)(C)[Si](OC[C@@H](N)[C@H](N)CO[Si](c1ccccc1)(c1ccccc1)C(C)(C)C)(c1ccccc1)c1ccccc1. The van der Waals surface area contributed by atoms with Crippen LogP contribution in [0.5, 0.6) is 0 Å². The summed E-state index contributed by atoms with van der Waals surface area (Å²) < 4.78 is 14.2. The van der Waals surface area contributed by atoms with Gasteiger partial charge >= 0.3 is 0 Å². The quantitative estimate of drug-likeness (QED) is 0.244. The molecular formula is C36H48N2O2Si2. The maximum Gasteiger partial charge on any atom is 0.261 e. The zero-order valence-corrected chi connectivity index (χ0v) is 28.1. The minimum absolute atomic E-state index is 0.134. The lowest BCUT2D eigenvalue weighted by Crippen LogP contribution is -2.69. The minimum atomic E-state index is -2.72. The van der Waals surface area contributed by atoms with Gasteiger partial charge in [-0.1, -0.05) is 163 Å². The van der Waals surface area contributed by atoms with Crippen LogP contribution in [0, 0.1) is 0 Å². The van der Waals surface area contributed by atoms with Gasteiger partial charge in [0, 0.05) is 12.1 Å². The van der Waals surface area contributed by atoms with Gasteiger partial charge in [-0.25, -0.2) is 0 Å². The van der Waals surface area contributed by atoms with Gasteiger partial charge in [0.1, 0.15) is 0 Å². The maximum absolute atomic E-state index is 7.11. The van der Waals surface area contributed by atoms with E-state index in [1.165, 1.54) is 20.7 Å². The highest BCUT2D eigenvalue weighted by Gasteiger charge is 2.52. The van der Waals surface area contributed by atoms with Crippen LogP contribution in [0.25, 0.3) is 0 Å². The Hall–Kier alpha value is -2.85. The predicted molar refractivity (Wildman–Crippen MR) is 183 cm³/mol. The number of benzene rings is 4. The highest BCUT2D eigenvalue weighted by Crippen LogP contribution is 2.38. The summed E-state index contributed by atoms with van der Waals surface area (Å²) >= 11 is 0. The lowest BCUT2D eigenvalue weighted by Gasteiger charge is -2.45. The number of hydrogen-bond donors (Lipinski definition) is 2. The van der Waals surface area contributed by atoms with Crippen molar-refractivity contribution < 1.29 is 8.85 Å². The van der Waals surface area contributed by atoms with Crippen molar-refractivity contribution in [3.63, 3.8) is 0 Å². The normalized spacial score (nSPS) is 14.4. The predicted octanol–water partition coefficient (Wildman–Crippen LogP) is 4.79. The lowest BCUT2D eigenvalue weighted by atomic mass is 10.2. The van der Waals surface area contributed by atoms with Crippen LogP contribution in [0.2, 0.25) is 10.1 Å². The van der Waals surface area contributed by atoms with Gasteiger partial charge < -0.3 is 20.3 Å². The van der Waals surface area contributed by atoms with E-state index in [0.717, 1.165) is 0 Å². The van der Waals surface area contributed by atoms with Crippen molar-refractivity contribution in [3.8, 4) is 0 Å². The van der Waals surface area contributed by atoms with Crippen LogP contribution in [0.15, 0.2) is 121 Å². The summed E-state index contributed by atoms with van der Waals surface area (Å²) in [7, 11) is -5.44.